The number of aryl methyl sites for hydroxylation is 1. The molecule has 0 N–H and O–H groups in total. The molecule has 1 heterocycles. The molecule has 0 aromatic heterocycles. The lowest BCUT2D eigenvalue weighted by Crippen LogP contribution is -2.10. The van der Waals surface area contributed by atoms with E-state index in [0.717, 1.165) is 18.4 Å². The average molecular weight is 408 g/mol. The Morgan fingerprint density at radius 3 is 2.39 bits per heavy atom. The first-order valence-electron chi connectivity index (χ1n) is 8.51. The summed E-state index contributed by atoms with van der Waals surface area (Å²) in [7, 11) is -3.40. The molecule has 1 aliphatic rings. The Kier molecular flexibility index (Phi) is 5.25. The molecule has 2 aromatic rings. The van der Waals surface area contributed by atoms with Crippen molar-refractivity contribution in [2.45, 2.75) is 31.3 Å². The van der Waals surface area contributed by atoms with Gasteiger partial charge >= 0.3 is 5.97 Å². The second-order valence-corrected chi connectivity index (χ2v) is 8.46. The highest BCUT2D eigenvalue weighted by Crippen LogP contribution is 2.36. The molecule has 3 rings (SSSR count). The number of ether oxygens (including phenoxy) is 2. The molecule has 1 aliphatic heterocycles. The van der Waals surface area contributed by atoms with E-state index in [1.54, 1.807) is 19.1 Å². The normalized spacial score (nSPS) is 17.0. The fourth-order valence-electron chi connectivity index (χ4n) is 3.09. The van der Waals surface area contributed by atoms with Gasteiger partial charge in [-0.3, -0.25) is 0 Å². The summed E-state index contributed by atoms with van der Waals surface area (Å²) in [5, 5.41) is 0. The number of halogens is 2. The predicted molar refractivity (Wildman–Crippen MR) is 98.4 cm³/mol. The van der Waals surface area contributed by atoms with Crippen LogP contribution in [0.4, 0.5) is 8.78 Å². The molecule has 0 fully saturated rings. The summed E-state index contributed by atoms with van der Waals surface area (Å²) in [6.45, 7) is 3.46. The minimum atomic E-state index is -3.40. The highest BCUT2D eigenvalue weighted by atomic mass is 32.2. The van der Waals surface area contributed by atoms with Gasteiger partial charge in [0.1, 0.15) is 11.9 Å². The van der Waals surface area contributed by atoms with E-state index in [0.29, 0.717) is 23.1 Å². The second kappa shape index (κ2) is 7.35. The Labute approximate surface area is 161 Å². The molecule has 0 amide bonds. The van der Waals surface area contributed by atoms with Crippen molar-refractivity contribution in [1.29, 1.82) is 0 Å². The van der Waals surface area contributed by atoms with Crippen LogP contribution in [-0.4, -0.2) is 26.7 Å². The van der Waals surface area contributed by atoms with Gasteiger partial charge in [0.2, 0.25) is 5.76 Å². The maximum absolute atomic E-state index is 13.5. The molecule has 0 radical (unpaired) electrons. The lowest BCUT2D eigenvalue weighted by atomic mass is 9.97. The lowest BCUT2D eigenvalue weighted by Gasteiger charge is -2.14. The summed E-state index contributed by atoms with van der Waals surface area (Å²) in [5.74, 6) is -3.05. The van der Waals surface area contributed by atoms with Gasteiger partial charge in [-0.15, -0.1) is 0 Å². The van der Waals surface area contributed by atoms with Crippen LogP contribution in [0.5, 0.6) is 5.75 Å². The zero-order valence-electron chi connectivity index (χ0n) is 15.5. The molecule has 0 saturated heterocycles. The zero-order valence-corrected chi connectivity index (χ0v) is 16.3. The number of cyclic esters (lactones) is 1. The molecule has 148 valence electrons. The third-order valence-electron chi connectivity index (χ3n) is 4.37. The van der Waals surface area contributed by atoms with Gasteiger partial charge < -0.3 is 9.47 Å². The average Bonchev–Trinajstić information content (AvgIpc) is 2.92. The van der Waals surface area contributed by atoms with Gasteiger partial charge in [-0.1, -0.05) is 19.1 Å². The maximum atomic E-state index is 13.5. The fraction of sp³-hybridized carbons (Fsp3) is 0.250. The topological polar surface area (TPSA) is 69.7 Å². The maximum Gasteiger partial charge on any atom is 0.375 e. The lowest BCUT2D eigenvalue weighted by molar-refractivity contribution is -0.141. The van der Waals surface area contributed by atoms with E-state index in [1.165, 1.54) is 12.1 Å². The first kappa shape index (κ1) is 20.0. The van der Waals surface area contributed by atoms with Gasteiger partial charge in [0.05, 0.1) is 10.5 Å². The van der Waals surface area contributed by atoms with Crippen LogP contribution in [0, 0.1) is 18.6 Å². The largest absolute Gasteiger partial charge is 0.451 e. The number of carbonyl (C=O) groups is 1. The minimum Gasteiger partial charge on any atom is -0.451 e. The van der Waals surface area contributed by atoms with Gasteiger partial charge in [-0.25, -0.2) is 22.0 Å². The van der Waals surface area contributed by atoms with Crippen molar-refractivity contribution in [3.63, 3.8) is 0 Å². The summed E-state index contributed by atoms with van der Waals surface area (Å²) in [6, 6.07) is 7.59. The molecular weight excluding hydrogens is 390 g/mol. The summed E-state index contributed by atoms with van der Waals surface area (Å²) >= 11 is 0. The van der Waals surface area contributed by atoms with Crippen LogP contribution in [0.2, 0.25) is 0 Å². The number of benzene rings is 2. The summed E-state index contributed by atoms with van der Waals surface area (Å²) in [6.07, 6.45) is 0.970. The van der Waals surface area contributed by atoms with Gasteiger partial charge in [-0.05, 0) is 42.7 Å². The Morgan fingerprint density at radius 1 is 1.11 bits per heavy atom. The van der Waals surface area contributed by atoms with Crippen molar-refractivity contribution in [2.24, 2.45) is 0 Å². The quantitative estimate of drug-likeness (QED) is 0.704. The van der Waals surface area contributed by atoms with Crippen molar-refractivity contribution in [2.75, 3.05) is 6.26 Å². The van der Waals surface area contributed by atoms with E-state index >= 15 is 0 Å². The molecule has 5 nitrogen and oxygen atoms in total. The van der Waals surface area contributed by atoms with Crippen molar-refractivity contribution < 1.29 is 31.5 Å². The number of esters is 1. The van der Waals surface area contributed by atoms with Crippen molar-refractivity contribution in [3.8, 4) is 5.75 Å². The number of carbonyl (C=O) groups excluding carboxylic acids is 1. The molecule has 0 spiro atoms. The van der Waals surface area contributed by atoms with Crippen LogP contribution < -0.4 is 4.74 Å². The minimum absolute atomic E-state index is 0.0513. The van der Waals surface area contributed by atoms with Crippen molar-refractivity contribution in [1.82, 2.24) is 0 Å². The van der Waals surface area contributed by atoms with Gasteiger partial charge in [-0.2, -0.15) is 0 Å². The molecule has 28 heavy (non-hydrogen) atoms. The van der Waals surface area contributed by atoms with E-state index in [2.05, 4.69) is 0 Å². The number of hydrogen-bond donors (Lipinski definition) is 0. The van der Waals surface area contributed by atoms with E-state index in [1.807, 2.05) is 6.92 Å². The molecule has 8 heteroatoms. The standard InChI is InChI=1S/C20H18F2O5S/c1-4-16-18(12-5-8-17(11(2)9-12)28(3,24)25)19(20(23)27-16)26-13-6-7-14(21)15(22)10-13/h5-10,16H,4H2,1-3H3/t16-/m1/s1. The second-order valence-electron chi connectivity index (χ2n) is 6.48. The zero-order chi connectivity index (χ0) is 20.6. The highest BCUT2D eigenvalue weighted by molar-refractivity contribution is 7.90. The summed E-state index contributed by atoms with van der Waals surface area (Å²) in [4.78, 5) is 12.5. The van der Waals surface area contributed by atoms with E-state index in [9.17, 15) is 22.0 Å². The Balaban J connectivity index is 2.10. The summed E-state index contributed by atoms with van der Waals surface area (Å²) < 4.78 is 61.2. The first-order valence-corrected chi connectivity index (χ1v) is 10.4. The third-order valence-corrected chi connectivity index (χ3v) is 5.63. The van der Waals surface area contributed by atoms with E-state index < -0.39 is 33.5 Å². The van der Waals surface area contributed by atoms with Crippen molar-refractivity contribution in [3.05, 3.63) is 64.9 Å². The fourth-order valence-corrected chi connectivity index (χ4v) is 4.05. The molecule has 1 atom stereocenters. The van der Waals surface area contributed by atoms with E-state index in [4.69, 9.17) is 9.47 Å². The molecule has 0 unspecified atom stereocenters. The van der Waals surface area contributed by atoms with Crippen LogP contribution >= 0.6 is 0 Å². The van der Waals surface area contributed by atoms with Gasteiger partial charge in [0, 0.05) is 12.3 Å². The Hall–Kier alpha value is -2.74. The van der Waals surface area contributed by atoms with Crippen LogP contribution in [0.1, 0.15) is 24.5 Å². The summed E-state index contributed by atoms with van der Waals surface area (Å²) in [5.41, 5.74) is 1.49. The van der Waals surface area contributed by atoms with Gasteiger partial charge in [0.15, 0.2) is 21.5 Å². The number of hydrogen-bond acceptors (Lipinski definition) is 5. The van der Waals surface area contributed by atoms with Crippen LogP contribution in [0.15, 0.2) is 47.1 Å². The third kappa shape index (κ3) is 3.77. The monoisotopic (exact) mass is 408 g/mol. The SMILES string of the molecule is CC[C@H]1OC(=O)C(Oc2ccc(F)c(F)c2)=C1c1ccc(S(C)(=O)=O)c(C)c1. The Bertz CT molecular complexity index is 1090. The van der Waals surface area contributed by atoms with Crippen molar-refractivity contribution >= 4 is 21.4 Å². The molecule has 0 saturated carbocycles. The first-order chi connectivity index (χ1) is 13.1. The van der Waals surface area contributed by atoms with E-state index in [-0.39, 0.29) is 16.4 Å². The molecular formula is C20H18F2O5S. The number of rotatable bonds is 5. The Morgan fingerprint density at radius 2 is 1.82 bits per heavy atom. The highest BCUT2D eigenvalue weighted by Gasteiger charge is 2.36. The van der Waals surface area contributed by atoms with Crippen LogP contribution in [-0.2, 0) is 19.4 Å². The van der Waals surface area contributed by atoms with Crippen LogP contribution in [0.25, 0.3) is 5.57 Å². The van der Waals surface area contributed by atoms with Gasteiger partial charge in [0.25, 0.3) is 0 Å². The molecule has 0 bridgehead atoms. The predicted octanol–water partition coefficient (Wildman–Crippen LogP) is 3.80. The molecule has 2 aromatic carbocycles. The number of sulfone groups is 1. The van der Waals surface area contributed by atoms with Crippen LogP contribution in [0.3, 0.4) is 0 Å². The molecule has 0 aliphatic carbocycles. The smallest absolute Gasteiger partial charge is 0.375 e.